The van der Waals surface area contributed by atoms with Gasteiger partial charge in [0, 0.05) is 17.9 Å². The number of benzene rings is 1. The van der Waals surface area contributed by atoms with E-state index in [0.29, 0.717) is 19.8 Å². The number of halogens is 1. The summed E-state index contributed by atoms with van der Waals surface area (Å²) < 4.78 is 11.4. The smallest absolute Gasteiger partial charge is 0.173 e. The molecule has 16 heavy (non-hydrogen) atoms. The van der Waals surface area contributed by atoms with Crippen LogP contribution in [0.25, 0.3) is 0 Å². The summed E-state index contributed by atoms with van der Waals surface area (Å²) in [7, 11) is 0. The monoisotopic (exact) mass is 241 g/mol. The molecule has 0 aromatic heterocycles. The van der Waals surface area contributed by atoms with Gasteiger partial charge in [-0.25, -0.2) is 0 Å². The summed E-state index contributed by atoms with van der Waals surface area (Å²) in [5, 5.41) is 0.741. The van der Waals surface area contributed by atoms with E-state index in [1.807, 2.05) is 24.3 Å². The minimum absolute atomic E-state index is 0.525. The van der Waals surface area contributed by atoms with Crippen LogP contribution in [0, 0.1) is 0 Å². The Bertz CT molecular complexity index is 333. The molecule has 1 aromatic carbocycles. The van der Waals surface area contributed by atoms with E-state index in [-0.39, 0.29) is 0 Å². The number of ether oxygens (including phenoxy) is 2. The second-order valence-corrected chi connectivity index (χ2v) is 4.39. The molecular weight excluding hydrogens is 226 g/mol. The Kier molecular flexibility index (Phi) is 3.82. The zero-order chi connectivity index (χ0) is 11.4. The van der Waals surface area contributed by atoms with Crippen LogP contribution in [0.2, 0.25) is 5.02 Å². The summed E-state index contributed by atoms with van der Waals surface area (Å²) in [5.41, 5.74) is 6.74. The van der Waals surface area contributed by atoms with E-state index < -0.39 is 5.79 Å². The zero-order valence-corrected chi connectivity index (χ0v) is 9.87. The first-order valence-electron chi connectivity index (χ1n) is 5.46. The summed E-state index contributed by atoms with van der Waals surface area (Å²) in [4.78, 5) is 0. The Hall–Kier alpha value is -0.610. The third-order valence-corrected chi connectivity index (χ3v) is 2.98. The van der Waals surface area contributed by atoms with Gasteiger partial charge in [0.1, 0.15) is 0 Å². The predicted molar refractivity (Wildman–Crippen MR) is 63.5 cm³/mol. The molecule has 2 N–H and O–H groups in total. The first-order chi connectivity index (χ1) is 7.74. The van der Waals surface area contributed by atoms with Gasteiger partial charge >= 0.3 is 0 Å². The van der Waals surface area contributed by atoms with E-state index in [1.54, 1.807) is 0 Å². The van der Waals surface area contributed by atoms with Gasteiger partial charge in [0.05, 0.1) is 13.2 Å². The molecule has 1 fully saturated rings. The van der Waals surface area contributed by atoms with Crippen LogP contribution in [0.15, 0.2) is 24.3 Å². The van der Waals surface area contributed by atoms with Gasteiger partial charge in [0.2, 0.25) is 0 Å². The van der Waals surface area contributed by atoms with Crippen LogP contribution in [0.3, 0.4) is 0 Å². The number of hydrogen-bond acceptors (Lipinski definition) is 3. The Morgan fingerprint density at radius 3 is 2.38 bits per heavy atom. The molecule has 0 aliphatic carbocycles. The molecule has 1 aliphatic heterocycles. The molecular formula is C12H16ClNO2. The standard InChI is InChI=1S/C12H16ClNO2/c13-11-3-1-10(2-4-11)9-12(5-6-14)15-7-8-16-12/h1-4H,5-9,14H2. The van der Waals surface area contributed by atoms with Gasteiger partial charge in [0.15, 0.2) is 5.79 Å². The van der Waals surface area contributed by atoms with E-state index in [9.17, 15) is 0 Å². The minimum Gasteiger partial charge on any atom is -0.347 e. The maximum atomic E-state index is 5.84. The molecule has 2 rings (SSSR count). The van der Waals surface area contributed by atoms with Crippen molar-refractivity contribution >= 4 is 11.6 Å². The minimum atomic E-state index is -0.525. The van der Waals surface area contributed by atoms with Gasteiger partial charge < -0.3 is 15.2 Å². The summed E-state index contributed by atoms with van der Waals surface area (Å²) in [6, 6.07) is 7.74. The molecule has 0 unspecified atom stereocenters. The Morgan fingerprint density at radius 1 is 1.19 bits per heavy atom. The van der Waals surface area contributed by atoms with E-state index in [1.165, 1.54) is 0 Å². The lowest BCUT2D eigenvalue weighted by Gasteiger charge is -2.27. The fourth-order valence-electron chi connectivity index (χ4n) is 1.96. The van der Waals surface area contributed by atoms with Crippen LogP contribution in [-0.2, 0) is 15.9 Å². The van der Waals surface area contributed by atoms with Gasteiger partial charge in [-0.15, -0.1) is 0 Å². The van der Waals surface area contributed by atoms with Crippen LogP contribution in [-0.4, -0.2) is 25.5 Å². The van der Waals surface area contributed by atoms with Crippen LogP contribution >= 0.6 is 11.6 Å². The Balaban J connectivity index is 2.08. The summed E-state index contributed by atoms with van der Waals surface area (Å²) in [5.74, 6) is -0.525. The van der Waals surface area contributed by atoms with Crippen molar-refractivity contribution in [1.29, 1.82) is 0 Å². The molecule has 3 nitrogen and oxygen atoms in total. The van der Waals surface area contributed by atoms with Crippen molar-refractivity contribution in [2.75, 3.05) is 19.8 Å². The summed E-state index contributed by atoms with van der Waals surface area (Å²) >= 11 is 5.84. The molecule has 0 saturated carbocycles. The second-order valence-electron chi connectivity index (χ2n) is 3.95. The number of nitrogens with two attached hydrogens (primary N) is 1. The fourth-order valence-corrected chi connectivity index (χ4v) is 2.09. The quantitative estimate of drug-likeness (QED) is 0.877. The molecule has 1 heterocycles. The third-order valence-electron chi connectivity index (χ3n) is 2.73. The van der Waals surface area contributed by atoms with Crippen molar-refractivity contribution in [2.45, 2.75) is 18.6 Å². The van der Waals surface area contributed by atoms with Gasteiger partial charge in [0.25, 0.3) is 0 Å². The SMILES string of the molecule is NCCC1(Cc2ccc(Cl)cc2)OCCO1. The van der Waals surface area contributed by atoms with Crippen molar-refractivity contribution in [3.8, 4) is 0 Å². The van der Waals surface area contributed by atoms with Gasteiger partial charge in [-0.3, -0.25) is 0 Å². The lowest BCUT2D eigenvalue weighted by Crippen LogP contribution is -2.35. The normalized spacial score (nSPS) is 18.9. The molecule has 88 valence electrons. The van der Waals surface area contributed by atoms with Crippen molar-refractivity contribution in [3.63, 3.8) is 0 Å². The first kappa shape index (κ1) is 11.9. The molecule has 1 aliphatic rings. The first-order valence-corrected chi connectivity index (χ1v) is 5.84. The van der Waals surface area contributed by atoms with Crippen LogP contribution in [0.5, 0.6) is 0 Å². The molecule has 0 radical (unpaired) electrons. The zero-order valence-electron chi connectivity index (χ0n) is 9.12. The third kappa shape index (κ3) is 2.74. The Labute approximate surface area is 100 Å². The number of rotatable bonds is 4. The van der Waals surface area contributed by atoms with Crippen molar-refractivity contribution < 1.29 is 9.47 Å². The van der Waals surface area contributed by atoms with E-state index in [4.69, 9.17) is 26.8 Å². The highest BCUT2D eigenvalue weighted by Crippen LogP contribution is 2.27. The van der Waals surface area contributed by atoms with Gasteiger partial charge in [-0.05, 0) is 24.2 Å². The lowest BCUT2D eigenvalue weighted by atomic mass is 10.0. The molecule has 0 spiro atoms. The molecule has 0 bridgehead atoms. The van der Waals surface area contributed by atoms with Crippen molar-refractivity contribution in [3.05, 3.63) is 34.9 Å². The second kappa shape index (κ2) is 5.15. The van der Waals surface area contributed by atoms with E-state index in [0.717, 1.165) is 23.4 Å². The molecule has 4 heteroatoms. The van der Waals surface area contributed by atoms with Gasteiger partial charge in [-0.1, -0.05) is 23.7 Å². The largest absolute Gasteiger partial charge is 0.347 e. The van der Waals surface area contributed by atoms with Crippen molar-refractivity contribution in [2.24, 2.45) is 5.73 Å². The average Bonchev–Trinajstić information content (AvgIpc) is 2.71. The maximum absolute atomic E-state index is 5.84. The highest BCUT2D eigenvalue weighted by Gasteiger charge is 2.35. The lowest BCUT2D eigenvalue weighted by molar-refractivity contribution is -0.158. The van der Waals surface area contributed by atoms with Crippen LogP contribution < -0.4 is 5.73 Å². The molecule has 1 aromatic rings. The maximum Gasteiger partial charge on any atom is 0.173 e. The van der Waals surface area contributed by atoms with Gasteiger partial charge in [-0.2, -0.15) is 0 Å². The van der Waals surface area contributed by atoms with E-state index >= 15 is 0 Å². The molecule has 0 atom stereocenters. The summed E-state index contributed by atoms with van der Waals surface area (Å²) in [6.45, 7) is 1.86. The average molecular weight is 242 g/mol. The van der Waals surface area contributed by atoms with Crippen LogP contribution in [0.4, 0.5) is 0 Å². The summed E-state index contributed by atoms with van der Waals surface area (Å²) in [6.07, 6.45) is 1.44. The van der Waals surface area contributed by atoms with Crippen LogP contribution in [0.1, 0.15) is 12.0 Å². The number of hydrogen-bond donors (Lipinski definition) is 1. The van der Waals surface area contributed by atoms with Crippen molar-refractivity contribution in [1.82, 2.24) is 0 Å². The Morgan fingerprint density at radius 2 is 1.81 bits per heavy atom. The predicted octanol–water partition coefficient (Wildman–Crippen LogP) is 1.97. The molecule has 0 amide bonds. The van der Waals surface area contributed by atoms with E-state index in [2.05, 4.69) is 0 Å². The fraction of sp³-hybridized carbons (Fsp3) is 0.500. The highest BCUT2D eigenvalue weighted by atomic mass is 35.5. The molecule has 1 saturated heterocycles. The highest BCUT2D eigenvalue weighted by molar-refractivity contribution is 6.30. The topological polar surface area (TPSA) is 44.5 Å².